The summed E-state index contributed by atoms with van der Waals surface area (Å²) in [7, 11) is -3.59. The lowest BCUT2D eigenvalue weighted by molar-refractivity contribution is -0.137. The van der Waals surface area contributed by atoms with E-state index in [0.717, 1.165) is 16.5 Å². The Morgan fingerprint density at radius 3 is 2.45 bits per heavy atom. The summed E-state index contributed by atoms with van der Waals surface area (Å²) in [5, 5.41) is 10.3. The molecular weight excluding hydrogens is 442 g/mol. The number of ether oxygens (including phenoxy) is 1. The summed E-state index contributed by atoms with van der Waals surface area (Å²) in [4.78, 5) is 16.0. The molecule has 0 spiro atoms. The molecule has 4 rings (SSSR count). The van der Waals surface area contributed by atoms with Crippen LogP contribution in [0.5, 0.6) is 5.75 Å². The van der Waals surface area contributed by atoms with E-state index < -0.39 is 16.0 Å². The topological polar surface area (TPSA) is 102 Å². The molecule has 8 nitrogen and oxygen atoms in total. The molecule has 33 heavy (non-hydrogen) atoms. The van der Waals surface area contributed by atoms with Crippen LogP contribution in [0.1, 0.15) is 43.7 Å². The van der Waals surface area contributed by atoms with E-state index in [0.29, 0.717) is 37.3 Å². The number of hydrogen-bond acceptors (Lipinski definition) is 5. The number of rotatable bonds is 7. The van der Waals surface area contributed by atoms with Crippen molar-refractivity contribution in [1.29, 1.82) is 0 Å². The fourth-order valence-electron chi connectivity index (χ4n) is 4.51. The van der Waals surface area contributed by atoms with Gasteiger partial charge in [0.25, 0.3) is 0 Å². The third kappa shape index (κ3) is 4.74. The summed E-state index contributed by atoms with van der Waals surface area (Å²) in [5.41, 5.74) is 2.74. The number of aliphatic carboxylic acids is 1. The number of carbonyl (C=O) groups is 1. The second kappa shape index (κ2) is 9.15. The van der Waals surface area contributed by atoms with E-state index >= 15 is 0 Å². The molecule has 0 bridgehead atoms. The number of fused-ring (bicyclic) bond motifs is 1. The first-order valence-corrected chi connectivity index (χ1v) is 12.5. The highest BCUT2D eigenvalue weighted by Gasteiger charge is 2.31. The van der Waals surface area contributed by atoms with Crippen molar-refractivity contribution in [1.82, 2.24) is 13.9 Å². The second-order valence-corrected chi connectivity index (χ2v) is 10.7. The Hall–Kier alpha value is -2.91. The molecule has 0 saturated carbocycles. The molecule has 0 amide bonds. The van der Waals surface area contributed by atoms with Gasteiger partial charge in [0.1, 0.15) is 17.9 Å². The third-order valence-corrected chi connectivity index (χ3v) is 7.94. The summed E-state index contributed by atoms with van der Waals surface area (Å²) < 4.78 is 35.1. The minimum Gasteiger partial charge on any atom is -0.491 e. The number of benzene rings is 1. The maximum atomic E-state index is 13.2. The van der Waals surface area contributed by atoms with Gasteiger partial charge in [-0.25, -0.2) is 13.4 Å². The molecule has 1 saturated heterocycles. The predicted molar refractivity (Wildman–Crippen MR) is 125 cm³/mol. The standard InChI is InChI=1S/C24H29N3O5S/c1-16(2)32-19-4-6-20(7-5-19)33(30,31)27-12-9-18(10-13-27)21-14-26(15-22(28)29)24-23(21)17(3)8-11-25-24/h4-8,11,14,16,18H,9-10,12-13,15H2,1-3H3,(H,28,29). The normalized spacial score (nSPS) is 15.9. The zero-order valence-corrected chi connectivity index (χ0v) is 19.9. The molecule has 0 aliphatic carbocycles. The Bertz CT molecular complexity index is 1260. The minimum atomic E-state index is -3.59. The zero-order chi connectivity index (χ0) is 23.8. The molecule has 0 radical (unpaired) electrons. The van der Waals surface area contributed by atoms with Crippen molar-refractivity contribution in [3.63, 3.8) is 0 Å². The van der Waals surface area contributed by atoms with Crippen LogP contribution in [0, 0.1) is 6.92 Å². The summed E-state index contributed by atoms with van der Waals surface area (Å²) in [6.07, 6.45) is 4.91. The molecule has 1 N–H and O–H groups in total. The fourth-order valence-corrected chi connectivity index (χ4v) is 5.98. The van der Waals surface area contributed by atoms with Crippen LogP contribution in [0.25, 0.3) is 11.0 Å². The molecule has 1 aliphatic heterocycles. The van der Waals surface area contributed by atoms with Crippen LogP contribution in [-0.2, 0) is 21.4 Å². The average molecular weight is 472 g/mol. The summed E-state index contributed by atoms with van der Waals surface area (Å²) in [6.45, 7) is 6.49. The molecular formula is C24H29N3O5S. The number of carboxylic acid groups (broad SMARTS) is 1. The van der Waals surface area contributed by atoms with Gasteiger partial charge in [-0.15, -0.1) is 0 Å². The highest BCUT2D eigenvalue weighted by atomic mass is 32.2. The van der Waals surface area contributed by atoms with Gasteiger partial charge < -0.3 is 14.4 Å². The van der Waals surface area contributed by atoms with Crippen molar-refractivity contribution in [2.75, 3.05) is 13.1 Å². The van der Waals surface area contributed by atoms with Crippen LogP contribution in [0.4, 0.5) is 0 Å². The molecule has 2 aromatic heterocycles. The molecule has 176 valence electrons. The largest absolute Gasteiger partial charge is 0.491 e. The van der Waals surface area contributed by atoms with Crippen LogP contribution in [0.15, 0.2) is 47.6 Å². The lowest BCUT2D eigenvalue weighted by Gasteiger charge is -2.31. The molecule has 1 aromatic carbocycles. The van der Waals surface area contributed by atoms with Crippen LogP contribution in [-0.4, -0.2) is 52.5 Å². The lowest BCUT2D eigenvalue weighted by Crippen LogP contribution is -2.37. The minimum absolute atomic E-state index is 0.0202. The Morgan fingerprint density at radius 2 is 1.85 bits per heavy atom. The molecule has 1 fully saturated rings. The Balaban J connectivity index is 1.53. The van der Waals surface area contributed by atoms with Crippen LogP contribution in [0.2, 0.25) is 0 Å². The highest BCUT2D eigenvalue weighted by molar-refractivity contribution is 7.89. The molecule has 9 heteroatoms. The van der Waals surface area contributed by atoms with E-state index in [2.05, 4.69) is 4.98 Å². The Kier molecular flexibility index (Phi) is 6.45. The van der Waals surface area contributed by atoms with E-state index in [9.17, 15) is 18.3 Å². The molecule has 3 aromatic rings. The fraction of sp³-hybridized carbons (Fsp3) is 0.417. The van der Waals surface area contributed by atoms with Crippen LogP contribution in [0.3, 0.4) is 0 Å². The van der Waals surface area contributed by atoms with Gasteiger partial charge in [0.15, 0.2) is 0 Å². The molecule has 0 unspecified atom stereocenters. The van der Waals surface area contributed by atoms with E-state index in [1.807, 2.05) is 33.0 Å². The number of aromatic nitrogens is 2. The smallest absolute Gasteiger partial charge is 0.323 e. The number of aryl methyl sites for hydroxylation is 1. The summed E-state index contributed by atoms with van der Waals surface area (Å²) in [5.74, 6) is -0.143. The lowest BCUT2D eigenvalue weighted by atomic mass is 9.89. The van der Waals surface area contributed by atoms with Crippen molar-refractivity contribution in [3.8, 4) is 5.75 Å². The van der Waals surface area contributed by atoms with Crippen molar-refractivity contribution >= 4 is 27.0 Å². The maximum Gasteiger partial charge on any atom is 0.323 e. The zero-order valence-electron chi connectivity index (χ0n) is 19.1. The summed E-state index contributed by atoms with van der Waals surface area (Å²) >= 11 is 0. The SMILES string of the molecule is Cc1ccnc2c1c(C1CCN(S(=O)(=O)c3ccc(OC(C)C)cc3)CC1)cn2CC(=O)O. The average Bonchev–Trinajstić information content (AvgIpc) is 3.13. The molecule has 3 heterocycles. The van der Waals surface area contributed by atoms with E-state index in [4.69, 9.17) is 4.74 Å². The number of pyridine rings is 1. The first kappa shape index (κ1) is 23.3. The van der Waals surface area contributed by atoms with E-state index in [1.165, 1.54) is 4.31 Å². The van der Waals surface area contributed by atoms with Crippen molar-refractivity contribution in [3.05, 3.63) is 53.9 Å². The number of sulfonamides is 1. The van der Waals surface area contributed by atoms with Crippen LogP contribution < -0.4 is 4.74 Å². The van der Waals surface area contributed by atoms with Gasteiger partial charge in [-0.05, 0) is 81.0 Å². The first-order chi connectivity index (χ1) is 15.7. The van der Waals surface area contributed by atoms with Crippen molar-refractivity contribution < 1.29 is 23.1 Å². The van der Waals surface area contributed by atoms with E-state index in [-0.39, 0.29) is 23.5 Å². The quantitative estimate of drug-likeness (QED) is 0.563. The third-order valence-electron chi connectivity index (χ3n) is 6.03. The van der Waals surface area contributed by atoms with Gasteiger partial charge in [-0.3, -0.25) is 4.79 Å². The first-order valence-electron chi connectivity index (χ1n) is 11.1. The second-order valence-electron chi connectivity index (χ2n) is 8.75. The molecule has 0 atom stereocenters. The highest BCUT2D eigenvalue weighted by Crippen LogP contribution is 2.36. The van der Waals surface area contributed by atoms with Gasteiger partial charge in [0, 0.05) is 30.9 Å². The molecule has 1 aliphatic rings. The van der Waals surface area contributed by atoms with Gasteiger partial charge in [-0.1, -0.05) is 0 Å². The number of hydrogen-bond donors (Lipinski definition) is 1. The van der Waals surface area contributed by atoms with Gasteiger partial charge in [-0.2, -0.15) is 4.31 Å². The maximum absolute atomic E-state index is 13.2. The number of nitrogens with zero attached hydrogens (tertiary/aromatic N) is 3. The van der Waals surface area contributed by atoms with Crippen LogP contribution >= 0.6 is 0 Å². The number of piperidine rings is 1. The van der Waals surface area contributed by atoms with Gasteiger partial charge in [0.05, 0.1) is 11.0 Å². The number of carboxylic acids is 1. The van der Waals surface area contributed by atoms with Gasteiger partial charge >= 0.3 is 5.97 Å². The van der Waals surface area contributed by atoms with E-state index in [1.54, 1.807) is 35.0 Å². The van der Waals surface area contributed by atoms with Crippen molar-refractivity contribution in [2.45, 2.75) is 57.1 Å². The van der Waals surface area contributed by atoms with Gasteiger partial charge in [0.2, 0.25) is 10.0 Å². The monoisotopic (exact) mass is 471 g/mol. The van der Waals surface area contributed by atoms with Crippen molar-refractivity contribution in [2.24, 2.45) is 0 Å². The Labute approximate surface area is 193 Å². The summed E-state index contributed by atoms with van der Waals surface area (Å²) in [6, 6.07) is 8.48. The predicted octanol–water partition coefficient (Wildman–Crippen LogP) is 3.78. The Morgan fingerprint density at radius 1 is 1.18 bits per heavy atom.